The van der Waals surface area contributed by atoms with Crippen molar-refractivity contribution >= 4 is 11.8 Å². The molecule has 1 atom stereocenters. The molecule has 2 fully saturated rings. The molecule has 2 N–H and O–H groups in total. The van der Waals surface area contributed by atoms with Crippen molar-refractivity contribution in [1.82, 2.24) is 10.2 Å². The minimum atomic E-state index is -0.740. The Morgan fingerprint density at radius 2 is 1.96 bits per heavy atom. The number of nitrogens with one attached hydrogen (secondary N) is 1. The number of likely N-dealkylation sites (tertiary alicyclic amines) is 1. The lowest BCUT2D eigenvalue weighted by molar-refractivity contribution is -0.139. The van der Waals surface area contributed by atoms with E-state index in [1.807, 2.05) is 6.92 Å². The van der Waals surface area contributed by atoms with E-state index in [0.29, 0.717) is 45.3 Å². The zero-order chi connectivity index (χ0) is 16.4. The van der Waals surface area contributed by atoms with Crippen LogP contribution in [-0.2, 0) is 16.0 Å². The number of carbonyl (C=O) groups excluding carboxylic acids is 2. The summed E-state index contributed by atoms with van der Waals surface area (Å²) in [6.45, 7) is 3.62. The first kappa shape index (κ1) is 16.0. The second-order valence-corrected chi connectivity index (χ2v) is 6.92. The smallest absolute Gasteiger partial charge is 0.227 e. The summed E-state index contributed by atoms with van der Waals surface area (Å²) in [5.41, 5.74) is 1.60. The highest BCUT2D eigenvalue weighted by atomic mass is 16.3. The van der Waals surface area contributed by atoms with E-state index >= 15 is 0 Å². The molecule has 0 radical (unpaired) electrons. The molecule has 1 aromatic rings. The number of hydrogen-bond donors (Lipinski definition) is 2. The molecular formula is C18H24N2O3. The van der Waals surface area contributed by atoms with E-state index in [1.165, 1.54) is 5.56 Å². The third-order valence-electron chi connectivity index (χ3n) is 4.99. The molecule has 2 saturated heterocycles. The van der Waals surface area contributed by atoms with Gasteiger partial charge in [0.1, 0.15) is 0 Å². The fourth-order valence-corrected chi connectivity index (χ4v) is 3.44. The number of aryl methyl sites for hydroxylation is 1. The van der Waals surface area contributed by atoms with E-state index in [0.717, 1.165) is 5.56 Å². The maximum absolute atomic E-state index is 12.4. The molecule has 23 heavy (non-hydrogen) atoms. The summed E-state index contributed by atoms with van der Waals surface area (Å²) in [5, 5.41) is 13.5. The molecule has 2 aliphatic heterocycles. The number of amides is 2. The molecule has 2 amide bonds. The van der Waals surface area contributed by atoms with Crippen LogP contribution in [0.2, 0.25) is 0 Å². The molecule has 3 rings (SSSR count). The van der Waals surface area contributed by atoms with Crippen molar-refractivity contribution in [2.45, 2.75) is 38.2 Å². The van der Waals surface area contributed by atoms with Crippen molar-refractivity contribution in [3.8, 4) is 0 Å². The first-order valence-electron chi connectivity index (χ1n) is 8.29. The first-order valence-corrected chi connectivity index (χ1v) is 8.29. The number of hydrogen-bond acceptors (Lipinski definition) is 3. The van der Waals surface area contributed by atoms with E-state index in [2.05, 4.69) is 29.6 Å². The number of nitrogens with zero attached hydrogens (tertiary/aromatic N) is 1. The van der Waals surface area contributed by atoms with Gasteiger partial charge in [-0.3, -0.25) is 9.59 Å². The first-order chi connectivity index (χ1) is 11.0. The molecule has 2 heterocycles. The molecule has 1 aromatic carbocycles. The SMILES string of the molecule is Cc1ccc(CC2(O)CCN(C(=O)C3CNC(=O)C3)CC2)cc1. The summed E-state index contributed by atoms with van der Waals surface area (Å²) in [5.74, 6) is -0.234. The Bertz CT molecular complexity index is 589. The average molecular weight is 316 g/mol. The Balaban J connectivity index is 1.55. The van der Waals surface area contributed by atoms with E-state index in [4.69, 9.17) is 0 Å². The van der Waals surface area contributed by atoms with Gasteiger partial charge in [0.15, 0.2) is 0 Å². The monoisotopic (exact) mass is 316 g/mol. The predicted octanol–water partition coefficient (Wildman–Crippen LogP) is 1.03. The zero-order valence-corrected chi connectivity index (χ0v) is 13.5. The van der Waals surface area contributed by atoms with Crippen molar-refractivity contribution in [1.29, 1.82) is 0 Å². The van der Waals surface area contributed by atoms with E-state index in [9.17, 15) is 14.7 Å². The Morgan fingerprint density at radius 1 is 1.30 bits per heavy atom. The largest absolute Gasteiger partial charge is 0.389 e. The van der Waals surface area contributed by atoms with Gasteiger partial charge < -0.3 is 15.3 Å². The van der Waals surface area contributed by atoms with Crippen LogP contribution in [0.4, 0.5) is 0 Å². The van der Waals surface area contributed by atoms with Gasteiger partial charge in [0, 0.05) is 32.5 Å². The summed E-state index contributed by atoms with van der Waals surface area (Å²) < 4.78 is 0. The molecule has 2 aliphatic rings. The molecule has 0 spiro atoms. The molecule has 1 unspecified atom stereocenters. The van der Waals surface area contributed by atoms with Gasteiger partial charge in [0.25, 0.3) is 0 Å². The Hall–Kier alpha value is -1.88. The molecule has 124 valence electrons. The van der Waals surface area contributed by atoms with Crippen molar-refractivity contribution in [3.05, 3.63) is 35.4 Å². The summed E-state index contributed by atoms with van der Waals surface area (Å²) in [4.78, 5) is 25.5. The Morgan fingerprint density at radius 3 is 2.52 bits per heavy atom. The number of aliphatic hydroxyl groups is 1. The molecule has 5 nitrogen and oxygen atoms in total. The normalized spacial score (nSPS) is 23.7. The molecule has 5 heteroatoms. The van der Waals surface area contributed by atoms with Crippen molar-refractivity contribution in [3.63, 3.8) is 0 Å². The lowest BCUT2D eigenvalue weighted by atomic mass is 9.85. The number of benzene rings is 1. The zero-order valence-electron chi connectivity index (χ0n) is 13.5. The fraction of sp³-hybridized carbons (Fsp3) is 0.556. The topological polar surface area (TPSA) is 69.6 Å². The van der Waals surface area contributed by atoms with Gasteiger partial charge >= 0.3 is 0 Å². The number of rotatable bonds is 3. The van der Waals surface area contributed by atoms with Gasteiger partial charge in [-0.05, 0) is 25.3 Å². The third-order valence-corrected chi connectivity index (χ3v) is 4.99. The van der Waals surface area contributed by atoms with Gasteiger partial charge in [-0.15, -0.1) is 0 Å². The van der Waals surface area contributed by atoms with Crippen molar-refractivity contribution in [2.24, 2.45) is 5.92 Å². The van der Waals surface area contributed by atoms with Crippen molar-refractivity contribution in [2.75, 3.05) is 19.6 Å². The highest BCUT2D eigenvalue weighted by Crippen LogP contribution is 2.28. The molecule has 0 saturated carbocycles. The van der Waals surface area contributed by atoms with Crippen LogP contribution in [0.15, 0.2) is 24.3 Å². The van der Waals surface area contributed by atoms with E-state index in [-0.39, 0.29) is 17.7 Å². The van der Waals surface area contributed by atoms with Crippen LogP contribution in [0, 0.1) is 12.8 Å². The van der Waals surface area contributed by atoms with Crippen LogP contribution < -0.4 is 5.32 Å². The molecule has 0 bridgehead atoms. The quantitative estimate of drug-likeness (QED) is 0.875. The Kier molecular flexibility index (Phi) is 4.39. The summed E-state index contributed by atoms with van der Waals surface area (Å²) >= 11 is 0. The third kappa shape index (κ3) is 3.72. The average Bonchev–Trinajstić information content (AvgIpc) is 2.96. The van der Waals surface area contributed by atoms with Gasteiger partial charge in [0.05, 0.1) is 11.5 Å². The van der Waals surface area contributed by atoms with Crippen LogP contribution in [0.3, 0.4) is 0 Å². The maximum Gasteiger partial charge on any atom is 0.227 e. The highest BCUT2D eigenvalue weighted by Gasteiger charge is 2.37. The van der Waals surface area contributed by atoms with Gasteiger partial charge in [0.2, 0.25) is 11.8 Å². The summed E-state index contributed by atoms with van der Waals surface area (Å²) in [6.07, 6.45) is 2.09. The minimum Gasteiger partial charge on any atom is -0.389 e. The van der Waals surface area contributed by atoms with Crippen LogP contribution in [0.25, 0.3) is 0 Å². The Labute approximate surface area is 136 Å². The van der Waals surface area contributed by atoms with Crippen molar-refractivity contribution < 1.29 is 14.7 Å². The van der Waals surface area contributed by atoms with Gasteiger partial charge in [-0.25, -0.2) is 0 Å². The standard InChI is InChI=1S/C18H24N2O3/c1-13-2-4-14(5-3-13)11-18(23)6-8-20(9-7-18)17(22)15-10-16(21)19-12-15/h2-5,15,23H,6-12H2,1H3,(H,19,21). The van der Waals surface area contributed by atoms with Gasteiger partial charge in [-0.2, -0.15) is 0 Å². The maximum atomic E-state index is 12.4. The molecular weight excluding hydrogens is 292 g/mol. The van der Waals surface area contributed by atoms with Gasteiger partial charge in [-0.1, -0.05) is 29.8 Å². The minimum absolute atomic E-state index is 0.0423. The lowest BCUT2D eigenvalue weighted by Gasteiger charge is -2.39. The summed E-state index contributed by atoms with van der Waals surface area (Å²) in [7, 11) is 0. The van der Waals surface area contributed by atoms with Crippen LogP contribution in [0.1, 0.15) is 30.4 Å². The van der Waals surface area contributed by atoms with E-state index in [1.54, 1.807) is 4.90 Å². The highest BCUT2D eigenvalue weighted by molar-refractivity contribution is 5.89. The fourth-order valence-electron chi connectivity index (χ4n) is 3.44. The number of piperidine rings is 1. The van der Waals surface area contributed by atoms with Crippen LogP contribution >= 0.6 is 0 Å². The van der Waals surface area contributed by atoms with E-state index < -0.39 is 5.60 Å². The molecule has 0 aliphatic carbocycles. The second kappa shape index (κ2) is 6.32. The number of carbonyl (C=O) groups is 2. The van der Waals surface area contributed by atoms with Crippen LogP contribution in [-0.4, -0.2) is 47.1 Å². The van der Waals surface area contributed by atoms with Crippen LogP contribution in [0.5, 0.6) is 0 Å². The predicted molar refractivity (Wildman–Crippen MR) is 86.8 cm³/mol. The second-order valence-electron chi connectivity index (χ2n) is 6.92. The lowest BCUT2D eigenvalue weighted by Crippen LogP contribution is -2.49. The summed E-state index contributed by atoms with van der Waals surface area (Å²) in [6, 6.07) is 8.23. The molecule has 0 aromatic heterocycles.